The first-order valence-corrected chi connectivity index (χ1v) is 27.8. The highest BCUT2D eigenvalue weighted by Gasteiger charge is 2.19. The van der Waals surface area contributed by atoms with Gasteiger partial charge in [0.05, 0.1) is 0 Å². The molecule has 0 aliphatic heterocycles. The lowest BCUT2D eigenvalue weighted by atomic mass is 9.99. The second-order valence-electron chi connectivity index (χ2n) is 19.7. The van der Waals surface area contributed by atoms with Crippen LogP contribution in [0.3, 0.4) is 0 Å². The van der Waals surface area contributed by atoms with Crippen LogP contribution in [0.15, 0.2) is 0 Å². The number of rotatable bonds is 50. The molecule has 62 heavy (non-hydrogen) atoms. The normalized spacial score (nSPS) is 12.9. The topological polar surface area (TPSA) is 78.9 Å². The van der Waals surface area contributed by atoms with Gasteiger partial charge in [-0.15, -0.1) is 0 Å². The number of esters is 3. The number of hydrogen-bond acceptors (Lipinski definition) is 6. The van der Waals surface area contributed by atoms with Gasteiger partial charge in [-0.05, 0) is 31.1 Å². The number of ether oxygens (including phenoxy) is 3. The van der Waals surface area contributed by atoms with Crippen LogP contribution in [0.1, 0.15) is 311 Å². The van der Waals surface area contributed by atoms with Gasteiger partial charge >= 0.3 is 17.9 Å². The first-order valence-electron chi connectivity index (χ1n) is 27.8. The molecular formula is C56H108O6. The van der Waals surface area contributed by atoms with E-state index in [2.05, 4.69) is 34.6 Å². The van der Waals surface area contributed by atoms with Crippen LogP contribution in [0, 0.1) is 11.8 Å². The van der Waals surface area contributed by atoms with Crippen LogP contribution in [-0.2, 0) is 28.6 Å². The molecule has 3 atom stereocenters. The summed E-state index contributed by atoms with van der Waals surface area (Å²) in [5.74, 6) is 0.864. The summed E-state index contributed by atoms with van der Waals surface area (Å²) < 4.78 is 16.8. The smallest absolute Gasteiger partial charge is 0.306 e. The predicted molar refractivity (Wildman–Crippen MR) is 266 cm³/mol. The summed E-state index contributed by atoms with van der Waals surface area (Å²) in [6.07, 6.45) is 50.9. The molecule has 0 N–H and O–H groups in total. The molecule has 6 heteroatoms. The van der Waals surface area contributed by atoms with Gasteiger partial charge in [0.15, 0.2) is 6.10 Å². The van der Waals surface area contributed by atoms with Crippen LogP contribution >= 0.6 is 0 Å². The number of carbonyl (C=O) groups excluding carboxylic acids is 3. The summed E-state index contributed by atoms with van der Waals surface area (Å²) in [6.45, 7) is 11.4. The van der Waals surface area contributed by atoms with Crippen molar-refractivity contribution >= 4 is 17.9 Å². The maximum absolute atomic E-state index is 12.8. The molecular weight excluding hydrogens is 769 g/mol. The van der Waals surface area contributed by atoms with Crippen molar-refractivity contribution in [1.29, 1.82) is 0 Å². The predicted octanol–water partition coefficient (Wildman–Crippen LogP) is 18.1. The maximum Gasteiger partial charge on any atom is 0.306 e. The second kappa shape index (κ2) is 48.9. The van der Waals surface area contributed by atoms with Crippen LogP contribution in [0.25, 0.3) is 0 Å². The lowest BCUT2D eigenvalue weighted by Gasteiger charge is -2.18. The lowest BCUT2D eigenvalue weighted by Crippen LogP contribution is -2.30. The highest BCUT2D eigenvalue weighted by atomic mass is 16.6. The molecule has 0 saturated carbocycles. The van der Waals surface area contributed by atoms with E-state index in [0.29, 0.717) is 19.3 Å². The van der Waals surface area contributed by atoms with Crippen LogP contribution in [-0.4, -0.2) is 37.2 Å². The van der Waals surface area contributed by atoms with E-state index in [4.69, 9.17) is 14.2 Å². The third-order valence-electron chi connectivity index (χ3n) is 13.4. The van der Waals surface area contributed by atoms with E-state index in [0.717, 1.165) is 69.6 Å². The Morgan fingerprint density at radius 3 is 0.839 bits per heavy atom. The van der Waals surface area contributed by atoms with Gasteiger partial charge in [-0.3, -0.25) is 14.4 Å². The van der Waals surface area contributed by atoms with E-state index < -0.39 is 6.10 Å². The Morgan fingerprint density at radius 2 is 0.565 bits per heavy atom. The van der Waals surface area contributed by atoms with Crippen molar-refractivity contribution in [3.8, 4) is 0 Å². The zero-order valence-corrected chi connectivity index (χ0v) is 42.5. The third kappa shape index (κ3) is 46.4. The van der Waals surface area contributed by atoms with Crippen molar-refractivity contribution in [2.24, 2.45) is 11.8 Å². The molecule has 0 aliphatic rings. The van der Waals surface area contributed by atoms with E-state index in [1.807, 2.05) is 0 Å². The van der Waals surface area contributed by atoms with Crippen molar-refractivity contribution in [1.82, 2.24) is 0 Å². The van der Waals surface area contributed by atoms with Gasteiger partial charge in [0.1, 0.15) is 13.2 Å². The van der Waals surface area contributed by atoms with Gasteiger partial charge in [-0.1, -0.05) is 272 Å². The van der Waals surface area contributed by atoms with Crippen molar-refractivity contribution in [2.75, 3.05) is 13.2 Å². The SMILES string of the molecule is CCCCCCCCCCCCCCCCCCC(=O)O[C@@H](COC(=O)CCCCCCCCCCCCCCCCC(C)CC)COC(=O)CCCCCCCCC(C)CC. The van der Waals surface area contributed by atoms with Crippen LogP contribution in [0.2, 0.25) is 0 Å². The summed E-state index contributed by atoms with van der Waals surface area (Å²) in [5.41, 5.74) is 0. The molecule has 0 saturated heterocycles. The van der Waals surface area contributed by atoms with Crippen molar-refractivity contribution in [2.45, 2.75) is 317 Å². The van der Waals surface area contributed by atoms with Crippen LogP contribution < -0.4 is 0 Å². The monoisotopic (exact) mass is 877 g/mol. The molecule has 0 aromatic heterocycles. The molecule has 0 rings (SSSR count). The average molecular weight is 877 g/mol. The van der Waals surface area contributed by atoms with Crippen molar-refractivity contribution < 1.29 is 28.6 Å². The van der Waals surface area contributed by atoms with E-state index in [1.54, 1.807) is 0 Å². The first-order chi connectivity index (χ1) is 30.3. The zero-order valence-electron chi connectivity index (χ0n) is 42.5. The molecule has 0 aliphatic carbocycles. The fourth-order valence-corrected chi connectivity index (χ4v) is 8.46. The Morgan fingerprint density at radius 1 is 0.323 bits per heavy atom. The Bertz CT molecular complexity index is 951. The minimum Gasteiger partial charge on any atom is -0.462 e. The Labute approximate surface area is 387 Å². The molecule has 0 fully saturated rings. The molecule has 0 aromatic carbocycles. The van der Waals surface area contributed by atoms with Gasteiger partial charge in [-0.25, -0.2) is 0 Å². The minimum absolute atomic E-state index is 0.0638. The van der Waals surface area contributed by atoms with Crippen LogP contribution in [0.4, 0.5) is 0 Å². The second-order valence-corrected chi connectivity index (χ2v) is 19.7. The Hall–Kier alpha value is -1.59. The van der Waals surface area contributed by atoms with Gasteiger partial charge < -0.3 is 14.2 Å². The van der Waals surface area contributed by atoms with E-state index in [-0.39, 0.29) is 31.1 Å². The van der Waals surface area contributed by atoms with Gasteiger partial charge in [0.2, 0.25) is 0 Å². The quantitative estimate of drug-likeness (QED) is 0.0344. The fourth-order valence-electron chi connectivity index (χ4n) is 8.46. The van der Waals surface area contributed by atoms with Crippen LogP contribution in [0.5, 0.6) is 0 Å². The van der Waals surface area contributed by atoms with Crippen molar-refractivity contribution in [3.63, 3.8) is 0 Å². The number of hydrogen-bond donors (Lipinski definition) is 0. The average Bonchev–Trinajstić information content (AvgIpc) is 3.27. The van der Waals surface area contributed by atoms with E-state index >= 15 is 0 Å². The summed E-state index contributed by atoms with van der Waals surface area (Å²) >= 11 is 0. The molecule has 0 radical (unpaired) electrons. The zero-order chi connectivity index (χ0) is 45.4. The molecule has 6 nitrogen and oxygen atoms in total. The first kappa shape index (κ1) is 60.4. The van der Waals surface area contributed by atoms with Gasteiger partial charge in [0.25, 0.3) is 0 Å². The maximum atomic E-state index is 12.8. The lowest BCUT2D eigenvalue weighted by molar-refractivity contribution is -0.167. The summed E-state index contributed by atoms with van der Waals surface area (Å²) in [6, 6.07) is 0. The molecule has 0 heterocycles. The van der Waals surface area contributed by atoms with Gasteiger partial charge in [0, 0.05) is 19.3 Å². The summed E-state index contributed by atoms with van der Waals surface area (Å²) in [5, 5.41) is 0. The molecule has 0 spiro atoms. The van der Waals surface area contributed by atoms with Gasteiger partial charge in [-0.2, -0.15) is 0 Å². The molecule has 2 unspecified atom stereocenters. The highest BCUT2D eigenvalue weighted by Crippen LogP contribution is 2.19. The summed E-state index contributed by atoms with van der Waals surface area (Å²) in [4.78, 5) is 38.0. The Kier molecular flexibility index (Phi) is 47.6. The summed E-state index contributed by atoms with van der Waals surface area (Å²) in [7, 11) is 0. The highest BCUT2D eigenvalue weighted by molar-refractivity contribution is 5.71. The fraction of sp³-hybridized carbons (Fsp3) is 0.946. The number of carbonyl (C=O) groups is 3. The van der Waals surface area contributed by atoms with Crippen molar-refractivity contribution in [3.05, 3.63) is 0 Å². The Balaban J connectivity index is 4.27. The number of unbranched alkanes of at least 4 members (excludes halogenated alkanes) is 33. The van der Waals surface area contributed by atoms with E-state index in [9.17, 15) is 14.4 Å². The molecule has 368 valence electrons. The molecule has 0 amide bonds. The molecule has 0 aromatic rings. The van der Waals surface area contributed by atoms with E-state index in [1.165, 1.54) is 199 Å². The standard InChI is InChI=1S/C56H108O6/c1-6-9-10-11-12-13-14-15-16-17-22-25-28-31-38-43-48-56(59)62-53(50-61-55(58)47-42-37-33-32-35-40-45-52(5)8-3)49-60-54(57)46-41-36-30-27-24-21-19-18-20-23-26-29-34-39-44-51(4)7-2/h51-53H,6-50H2,1-5H3/t51?,52?,53-/m0/s1. The third-order valence-corrected chi connectivity index (χ3v) is 13.4. The largest absolute Gasteiger partial charge is 0.462 e. The minimum atomic E-state index is -0.763. The molecule has 0 bridgehead atoms.